The summed E-state index contributed by atoms with van der Waals surface area (Å²) in [7, 11) is 0. The number of hydrogen-bond donors (Lipinski definition) is 0. The van der Waals surface area contributed by atoms with E-state index in [9.17, 15) is 8.78 Å². The molecule has 16 heavy (non-hydrogen) atoms. The Balaban J connectivity index is 2.15. The maximum Gasteiger partial charge on any atom is 0.200 e. The van der Waals surface area contributed by atoms with Gasteiger partial charge in [0, 0.05) is 10.5 Å². The summed E-state index contributed by atoms with van der Waals surface area (Å²) in [6.45, 7) is 0.0172. The lowest BCUT2D eigenvalue weighted by Gasteiger charge is -2.06. The standard InChI is InChI=1S/C10H6BrF2NO2/c11-6-3-8(12)10(13)9(4-6)15-5-7-1-2-16-14-7/h1-4H,5H2. The zero-order valence-electron chi connectivity index (χ0n) is 7.91. The molecular weight excluding hydrogens is 284 g/mol. The lowest BCUT2D eigenvalue weighted by atomic mass is 10.3. The number of nitrogens with zero attached hydrogens (tertiary/aromatic N) is 1. The second kappa shape index (κ2) is 4.61. The van der Waals surface area contributed by atoms with Crippen molar-refractivity contribution in [2.75, 3.05) is 0 Å². The molecule has 0 N–H and O–H groups in total. The monoisotopic (exact) mass is 289 g/mol. The third-order valence-corrected chi connectivity index (χ3v) is 2.28. The molecule has 3 nitrogen and oxygen atoms in total. The van der Waals surface area contributed by atoms with Gasteiger partial charge in [0.1, 0.15) is 18.6 Å². The van der Waals surface area contributed by atoms with Crippen LogP contribution in [-0.2, 0) is 6.61 Å². The van der Waals surface area contributed by atoms with Crippen molar-refractivity contribution in [2.45, 2.75) is 6.61 Å². The molecule has 0 bridgehead atoms. The Morgan fingerprint density at radius 3 is 2.88 bits per heavy atom. The first kappa shape index (κ1) is 11.1. The van der Waals surface area contributed by atoms with E-state index in [4.69, 9.17) is 4.74 Å². The van der Waals surface area contributed by atoms with Crippen molar-refractivity contribution in [2.24, 2.45) is 0 Å². The largest absolute Gasteiger partial charge is 0.484 e. The minimum absolute atomic E-state index is 0.0172. The van der Waals surface area contributed by atoms with Gasteiger partial charge in [-0.2, -0.15) is 4.39 Å². The van der Waals surface area contributed by atoms with Crippen LogP contribution in [0.15, 0.2) is 33.5 Å². The molecule has 1 aromatic carbocycles. The van der Waals surface area contributed by atoms with Crippen molar-refractivity contribution in [1.29, 1.82) is 0 Å². The van der Waals surface area contributed by atoms with E-state index in [0.717, 1.165) is 6.07 Å². The van der Waals surface area contributed by atoms with Crippen LogP contribution in [0.4, 0.5) is 8.78 Å². The van der Waals surface area contributed by atoms with E-state index < -0.39 is 11.6 Å². The molecule has 2 rings (SSSR count). The Kier molecular flexibility index (Phi) is 3.19. The van der Waals surface area contributed by atoms with Crippen molar-refractivity contribution < 1.29 is 18.0 Å². The van der Waals surface area contributed by atoms with Crippen LogP contribution in [-0.4, -0.2) is 5.16 Å². The molecule has 1 aromatic heterocycles. The summed E-state index contributed by atoms with van der Waals surface area (Å²) < 4.78 is 36.3. The summed E-state index contributed by atoms with van der Waals surface area (Å²) in [5.74, 6) is -2.16. The topological polar surface area (TPSA) is 35.3 Å². The summed E-state index contributed by atoms with van der Waals surface area (Å²) in [6, 6.07) is 3.95. The predicted octanol–water partition coefficient (Wildman–Crippen LogP) is 3.29. The maximum absolute atomic E-state index is 13.2. The normalized spacial score (nSPS) is 10.4. The minimum Gasteiger partial charge on any atom is -0.484 e. The summed E-state index contributed by atoms with van der Waals surface area (Å²) in [5, 5.41) is 3.58. The molecule has 0 aliphatic carbocycles. The average Bonchev–Trinajstić information content (AvgIpc) is 2.74. The Hall–Kier alpha value is -1.43. The quantitative estimate of drug-likeness (QED) is 0.814. The number of ether oxygens (including phenoxy) is 1. The Bertz CT molecular complexity index is 488. The van der Waals surface area contributed by atoms with Gasteiger partial charge < -0.3 is 9.26 Å². The first-order valence-corrected chi connectivity index (χ1v) is 5.12. The van der Waals surface area contributed by atoms with Crippen LogP contribution in [0.1, 0.15) is 5.69 Å². The van der Waals surface area contributed by atoms with Gasteiger partial charge in [0.05, 0.1) is 0 Å². The van der Waals surface area contributed by atoms with Gasteiger partial charge in [0.15, 0.2) is 11.6 Å². The average molecular weight is 290 g/mol. The SMILES string of the molecule is Fc1cc(Br)cc(OCc2ccon2)c1F. The first-order chi connectivity index (χ1) is 7.66. The van der Waals surface area contributed by atoms with E-state index >= 15 is 0 Å². The summed E-state index contributed by atoms with van der Waals surface area (Å²) >= 11 is 3.05. The zero-order chi connectivity index (χ0) is 11.5. The molecule has 0 saturated heterocycles. The molecular formula is C10H6BrF2NO2. The Morgan fingerprint density at radius 2 is 2.19 bits per heavy atom. The molecule has 0 aliphatic heterocycles. The predicted molar refractivity (Wildman–Crippen MR) is 54.9 cm³/mol. The van der Waals surface area contributed by atoms with Crippen molar-refractivity contribution in [3.8, 4) is 5.75 Å². The van der Waals surface area contributed by atoms with Crippen LogP contribution in [0.25, 0.3) is 0 Å². The van der Waals surface area contributed by atoms with Crippen LogP contribution in [0.2, 0.25) is 0 Å². The molecule has 0 fully saturated rings. The highest BCUT2D eigenvalue weighted by Gasteiger charge is 2.11. The van der Waals surface area contributed by atoms with Gasteiger partial charge >= 0.3 is 0 Å². The van der Waals surface area contributed by atoms with Crippen molar-refractivity contribution in [3.63, 3.8) is 0 Å². The van der Waals surface area contributed by atoms with E-state index in [1.807, 2.05) is 0 Å². The van der Waals surface area contributed by atoms with E-state index in [2.05, 4.69) is 25.6 Å². The molecule has 0 radical (unpaired) electrons. The highest BCUT2D eigenvalue weighted by molar-refractivity contribution is 9.10. The zero-order valence-corrected chi connectivity index (χ0v) is 9.50. The first-order valence-electron chi connectivity index (χ1n) is 4.33. The van der Waals surface area contributed by atoms with Crippen LogP contribution >= 0.6 is 15.9 Å². The molecule has 84 valence electrons. The lowest BCUT2D eigenvalue weighted by molar-refractivity contribution is 0.271. The molecule has 1 heterocycles. The summed E-state index contributed by atoms with van der Waals surface area (Å²) in [5.41, 5.74) is 0.500. The fourth-order valence-corrected chi connectivity index (χ4v) is 1.51. The maximum atomic E-state index is 13.2. The summed E-state index contributed by atoms with van der Waals surface area (Å²) in [4.78, 5) is 0. The van der Waals surface area contributed by atoms with Crippen LogP contribution in [0.5, 0.6) is 5.75 Å². The number of rotatable bonds is 3. The molecule has 0 saturated carbocycles. The smallest absolute Gasteiger partial charge is 0.200 e. The Morgan fingerprint density at radius 1 is 1.38 bits per heavy atom. The van der Waals surface area contributed by atoms with E-state index in [0.29, 0.717) is 10.2 Å². The minimum atomic E-state index is -1.02. The molecule has 2 aromatic rings. The van der Waals surface area contributed by atoms with E-state index in [1.165, 1.54) is 12.3 Å². The van der Waals surface area contributed by atoms with Gasteiger partial charge in [0.25, 0.3) is 0 Å². The van der Waals surface area contributed by atoms with Crippen LogP contribution in [0.3, 0.4) is 0 Å². The summed E-state index contributed by atoms with van der Waals surface area (Å²) in [6.07, 6.45) is 1.37. The highest BCUT2D eigenvalue weighted by Crippen LogP contribution is 2.25. The second-order valence-corrected chi connectivity index (χ2v) is 3.89. The molecule has 6 heteroatoms. The molecule has 0 atom stereocenters. The fourth-order valence-electron chi connectivity index (χ4n) is 1.10. The van der Waals surface area contributed by atoms with Crippen molar-refractivity contribution >= 4 is 15.9 Å². The molecule has 0 spiro atoms. The number of halogens is 3. The third kappa shape index (κ3) is 2.38. The van der Waals surface area contributed by atoms with E-state index in [1.54, 1.807) is 6.07 Å². The number of hydrogen-bond acceptors (Lipinski definition) is 3. The molecule has 0 unspecified atom stereocenters. The van der Waals surface area contributed by atoms with E-state index in [-0.39, 0.29) is 12.4 Å². The second-order valence-electron chi connectivity index (χ2n) is 2.98. The van der Waals surface area contributed by atoms with Crippen LogP contribution < -0.4 is 4.74 Å². The van der Waals surface area contributed by atoms with Gasteiger partial charge in [-0.15, -0.1) is 0 Å². The highest BCUT2D eigenvalue weighted by atomic mass is 79.9. The molecule has 0 amide bonds. The van der Waals surface area contributed by atoms with Crippen LogP contribution in [0, 0.1) is 11.6 Å². The lowest BCUT2D eigenvalue weighted by Crippen LogP contribution is -1.99. The van der Waals surface area contributed by atoms with Gasteiger partial charge in [-0.25, -0.2) is 4.39 Å². The van der Waals surface area contributed by atoms with Gasteiger partial charge in [-0.1, -0.05) is 21.1 Å². The third-order valence-electron chi connectivity index (χ3n) is 1.83. The van der Waals surface area contributed by atoms with Crippen molar-refractivity contribution in [1.82, 2.24) is 5.16 Å². The molecule has 0 aliphatic rings. The Labute approximate surface area is 98.1 Å². The van der Waals surface area contributed by atoms with Gasteiger partial charge in [-0.3, -0.25) is 0 Å². The van der Waals surface area contributed by atoms with Gasteiger partial charge in [0.2, 0.25) is 5.82 Å². The number of benzene rings is 1. The van der Waals surface area contributed by atoms with Gasteiger partial charge in [-0.05, 0) is 12.1 Å². The fraction of sp³-hybridized carbons (Fsp3) is 0.100. The van der Waals surface area contributed by atoms with Crippen molar-refractivity contribution in [3.05, 3.63) is 46.3 Å². The number of aromatic nitrogens is 1.